The van der Waals surface area contributed by atoms with Crippen molar-refractivity contribution >= 4 is 17.2 Å². The maximum absolute atomic E-state index is 12.5. The molecule has 0 radical (unpaired) electrons. The zero-order valence-electron chi connectivity index (χ0n) is 11.8. The van der Waals surface area contributed by atoms with Gasteiger partial charge in [0.25, 0.3) is 0 Å². The summed E-state index contributed by atoms with van der Waals surface area (Å²) in [4.78, 5) is 21.1. The third kappa shape index (κ3) is 3.54. The van der Waals surface area contributed by atoms with Crippen LogP contribution < -0.4 is 0 Å². The maximum Gasteiger partial charge on any atom is 0.237 e. The van der Waals surface area contributed by atoms with Gasteiger partial charge in [-0.1, -0.05) is 13.8 Å². The Balaban J connectivity index is 2.05. The van der Waals surface area contributed by atoms with E-state index in [1.807, 2.05) is 16.5 Å². The number of hydrogen-bond donors (Lipinski definition) is 0. The van der Waals surface area contributed by atoms with E-state index >= 15 is 0 Å². The Morgan fingerprint density at radius 2 is 2.26 bits per heavy atom. The fourth-order valence-corrected chi connectivity index (χ4v) is 3.40. The van der Waals surface area contributed by atoms with Crippen molar-refractivity contribution in [2.45, 2.75) is 39.2 Å². The van der Waals surface area contributed by atoms with E-state index in [4.69, 9.17) is 0 Å². The minimum Gasteiger partial charge on any atom is -0.332 e. The van der Waals surface area contributed by atoms with Crippen LogP contribution in [0.3, 0.4) is 0 Å². The number of carbonyl (C=O) groups is 1. The lowest BCUT2D eigenvalue weighted by Gasteiger charge is -2.35. The first-order valence-electron chi connectivity index (χ1n) is 7.17. The topological polar surface area (TPSA) is 36.4 Å². The lowest BCUT2D eigenvalue weighted by atomic mass is 10.0. The molecule has 0 aliphatic carbocycles. The highest BCUT2D eigenvalue weighted by molar-refractivity contribution is 7.09. The Bertz CT molecular complexity index is 389. The van der Waals surface area contributed by atoms with Crippen LogP contribution in [-0.2, 0) is 4.79 Å². The summed E-state index contributed by atoms with van der Waals surface area (Å²) in [5.74, 6) is 0.253. The van der Waals surface area contributed by atoms with E-state index in [1.54, 1.807) is 11.3 Å². The van der Waals surface area contributed by atoms with Crippen LogP contribution in [0.5, 0.6) is 0 Å². The fraction of sp³-hybridized carbons (Fsp3) is 0.714. The zero-order valence-corrected chi connectivity index (χ0v) is 12.7. The first-order chi connectivity index (χ1) is 9.26. The van der Waals surface area contributed by atoms with Crippen LogP contribution in [0.1, 0.15) is 44.2 Å². The van der Waals surface area contributed by atoms with Crippen LogP contribution in [0, 0.1) is 0 Å². The first kappa shape index (κ1) is 14.5. The second kappa shape index (κ2) is 7.01. The molecule has 1 aliphatic heterocycles. The summed E-state index contributed by atoms with van der Waals surface area (Å²) < 4.78 is 0. The normalized spacial score (nSPS) is 19.9. The number of nitrogens with zero attached hydrogens (tertiary/aromatic N) is 3. The van der Waals surface area contributed by atoms with Gasteiger partial charge in [-0.2, -0.15) is 0 Å². The summed E-state index contributed by atoms with van der Waals surface area (Å²) in [5.41, 5.74) is 0. The van der Waals surface area contributed by atoms with Crippen LogP contribution >= 0.6 is 11.3 Å². The van der Waals surface area contributed by atoms with Crippen molar-refractivity contribution in [1.82, 2.24) is 14.8 Å². The van der Waals surface area contributed by atoms with Crippen molar-refractivity contribution in [2.24, 2.45) is 0 Å². The highest BCUT2D eigenvalue weighted by atomic mass is 32.1. The summed E-state index contributed by atoms with van der Waals surface area (Å²) in [6.45, 7) is 7.48. The van der Waals surface area contributed by atoms with Gasteiger partial charge in [-0.3, -0.25) is 9.69 Å². The lowest BCUT2D eigenvalue weighted by molar-refractivity contribution is -0.136. The Hall–Kier alpha value is -0.940. The minimum absolute atomic E-state index is 0.205. The van der Waals surface area contributed by atoms with E-state index in [2.05, 4.69) is 23.7 Å². The van der Waals surface area contributed by atoms with Crippen LogP contribution in [0.25, 0.3) is 0 Å². The van der Waals surface area contributed by atoms with Gasteiger partial charge in [0.15, 0.2) is 0 Å². The Morgan fingerprint density at radius 1 is 1.47 bits per heavy atom. The van der Waals surface area contributed by atoms with E-state index in [-0.39, 0.29) is 11.9 Å². The molecule has 0 saturated carbocycles. The molecule has 5 heteroatoms. The molecule has 0 aromatic carbocycles. The fourth-order valence-electron chi connectivity index (χ4n) is 2.62. The molecule has 1 aliphatic rings. The first-order valence-corrected chi connectivity index (χ1v) is 8.05. The molecule has 2 heterocycles. The molecule has 2 rings (SSSR count). The number of amides is 1. The summed E-state index contributed by atoms with van der Waals surface area (Å²) >= 11 is 1.66. The number of rotatable bonds is 5. The van der Waals surface area contributed by atoms with Gasteiger partial charge in [-0.15, -0.1) is 11.3 Å². The number of piperidine rings is 1. The number of hydrogen-bond acceptors (Lipinski definition) is 4. The molecular weight excluding hydrogens is 258 g/mol. The van der Waals surface area contributed by atoms with E-state index < -0.39 is 0 Å². The standard InChI is InChI=1S/C14H23N3OS/c1-3-16(4-2)11-13(18)17-9-6-5-7-12(17)14-15-8-10-19-14/h8,10,12H,3-7,9,11H2,1-2H3/t12-/m1/s1. The van der Waals surface area contributed by atoms with E-state index in [0.717, 1.165) is 37.5 Å². The van der Waals surface area contributed by atoms with Gasteiger partial charge in [-0.25, -0.2) is 4.98 Å². The van der Waals surface area contributed by atoms with Crippen LogP contribution in [-0.4, -0.2) is 46.9 Å². The average Bonchev–Trinajstić information content (AvgIpc) is 2.98. The number of carbonyl (C=O) groups excluding carboxylic acids is 1. The minimum atomic E-state index is 0.205. The second-order valence-electron chi connectivity index (χ2n) is 4.93. The van der Waals surface area contributed by atoms with Crippen molar-refractivity contribution in [3.63, 3.8) is 0 Å². The van der Waals surface area contributed by atoms with Crippen LogP contribution in [0.15, 0.2) is 11.6 Å². The van der Waals surface area contributed by atoms with Crippen molar-refractivity contribution in [2.75, 3.05) is 26.2 Å². The smallest absolute Gasteiger partial charge is 0.237 e. The molecule has 1 atom stereocenters. The third-order valence-electron chi connectivity index (χ3n) is 3.81. The summed E-state index contributed by atoms with van der Waals surface area (Å²) in [6, 6.07) is 0.205. The molecule has 0 N–H and O–H groups in total. The molecule has 19 heavy (non-hydrogen) atoms. The third-order valence-corrected chi connectivity index (χ3v) is 4.69. The van der Waals surface area contributed by atoms with Crippen molar-refractivity contribution < 1.29 is 4.79 Å². The Kier molecular flexibility index (Phi) is 5.34. The number of likely N-dealkylation sites (tertiary alicyclic amines) is 1. The molecule has 4 nitrogen and oxygen atoms in total. The SMILES string of the molecule is CCN(CC)CC(=O)N1CCCC[C@@H]1c1nccs1. The quantitative estimate of drug-likeness (QED) is 0.832. The molecule has 1 amide bonds. The highest BCUT2D eigenvalue weighted by Crippen LogP contribution is 2.31. The molecule has 0 unspecified atom stereocenters. The molecule has 1 fully saturated rings. The van der Waals surface area contributed by atoms with Crippen molar-refractivity contribution in [3.05, 3.63) is 16.6 Å². The average molecular weight is 281 g/mol. The molecule has 1 aromatic heterocycles. The summed E-state index contributed by atoms with van der Waals surface area (Å²) in [7, 11) is 0. The maximum atomic E-state index is 12.5. The van der Waals surface area contributed by atoms with Gasteiger partial charge >= 0.3 is 0 Å². The van der Waals surface area contributed by atoms with Gasteiger partial charge in [0, 0.05) is 18.1 Å². The Labute approximate surface area is 119 Å². The zero-order chi connectivity index (χ0) is 13.7. The van der Waals surface area contributed by atoms with Gasteiger partial charge in [0.1, 0.15) is 5.01 Å². The molecule has 106 valence electrons. The van der Waals surface area contributed by atoms with Crippen molar-refractivity contribution in [3.8, 4) is 0 Å². The van der Waals surface area contributed by atoms with Gasteiger partial charge in [0.05, 0.1) is 12.6 Å². The van der Waals surface area contributed by atoms with E-state index in [0.29, 0.717) is 6.54 Å². The number of likely N-dealkylation sites (N-methyl/N-ethyl adjacent to an activating group) is 1. The van der Waals surface area contributed by atoms with Crippen LogP contribution in [0.2, 0.25) is 0 Å². The lowest BCUT2D eigenvalue weighted by Crippen LogP contribution is -2.44. The van der Waals surface area contributed by atoms with Crippen molar-refractivity contribution in [1.29, 1.82) is 0 Å². The second-order valence-corrected chi connectivity index (χ2v) is 5.86. The van der Waals surface area contributed by atoms with Gasteiger partial charge in [0.2, 0.25) is 5.91 Å². The molecular formula is C14H23N3OS. The predicted octanol–water partition coefficient (Wildman–Crippen LogP) is 2.54. The molecule has 1 saturated heterocycles. The monoisotopic (exact) mass is 281 g/mol. The summed E-state index contributed by atoms with van der Waals surface area (Å²) in [6.07, 6.45) is 5.20. The highest BCUT2D eigenvalue weighted by Gasteiger charge is 2.29. The van der Waals surface area contributed by atoms with Crippen LogP contribution in [0.4, 0.5) is 0 Å². The molecule has 0 bridgehead atoms. The summed E-state index contributed by atoms with van der Waals surface area (Å²) in [5, 5.41) is 3.09. The number of aromatic nitrogens is 1. The van der Waals surface area contributed by atoms with Gasteiger partial charge < -0.3 is 4.90 Å². The Morgan fingerprint density at radius 3 is 2.89 bits per heavy atom. The molecule has 0 spiro atoms. The number of thiazole rings is 1. The molecule has 1 aromatic rings. The predicted molar refractivity (Wildman–Crippen MR) is 78.2 cm³/mol. The van der Waals surface area contributed by atoms with E-state index in [9.17, 15) is 4.79 Å². The van der Waals surface area contributed by atoms with Gasteiger partial charge in [-0.05, 0) is 32.4 Å². The van der Waals surface area contributed by atoms with E-state index in [1.165, 1.54) is 6.42 Å². The largest absolute Gasteiger partial charge is 0.332 e.